The molecule has 2 aromatic rings. The van der Waals surface area contributed by atoms with Crippen LogP contribution >= 0.6 is 23.2 Å². The van der Waals surface area contributed by atoms with Gasteiger partial charge in [0.25, 0.3) is 0 Å². The van der Waals surface area contributed by atoms with Crippen LogP contribution in [0.1, 0.15) is 18.7 Å². The molecule has 1 aromatic carbocycles. The van der Waals surface area contributed by atoms with E-state index in [4.69, 9.17) is 27.9 Å². The van der Waals surface area contributed by atoms with Crippen LogP contribution in [0, 0.1) is 6.92 Å². The van der Waals surface area contributed by atoms with Crippen LogP contribution in [0.2, 0.25) is 10.0 Å². The van der Waals surface area contributed by atoms with Crippen LogP contribution in [0.3, 0.4) is 0 Å². The topological polar surface area (TPSA) is 59.1 Å². The number of rotatable bonds is 5. The van der Waals surface area contributed by atoms with E-state index in [9.17, 15) is 0 Å². The van der Waals surface area contributed by atoms with Gasteiger partial charge in [-0.2, -0.15) is 0 Å². The van der Waals surface area contributed by atoms with Gasteiger partial charge in [0.1, 0.15) is 17.5 Å². The first kappa shape index (κ1) is 16.3. The van der Waals surface area contributed by atoms with Crippen LogP contribution in [0.5, 0.6) is 0 Å². The standard InChI is InChI=1S/C16H18Cl2N4O/c1-10-20-15(19-9-14-3-2-4-23-14)8-16(21-10)22-13-6-11(17)5-12(18)7-13/h5-8,14H,2-4,9H2,1H3,(H2,19,20,21,22). The average molecular weight is 353 g/mol. The highest BCUT2D eigenvalue weighted by Crippen LogP contribution is 2.25. The van der Waals surface area contributed by atoms with Crippen LogP contribution in [-0.4, -0.2) is 29.2 Å². The minimum atomic E-state index is 0.258. The largest absolute Gasteiger partial charge is 0.376 e. The third-order valence-corrected chi connectivity index (χ3v) is 3.94. The fraction of sp³-hybridized carbons (Fsp3) is 0.375. The highest BCUT2D eigenvalue weighted by Gasteiger charge is 2.15. The third-order valence-electron chi connectivity index (χ3n) is 3.51. The minimum absolute atomic E-state index is 0.258. The van der Waals surface area contributed by atoms with E-state index in [-0.39, 0.29) is 6.10 Å². The van der Waals surface area contributed by atoms with Gasteiger partial charge in [-0.25, -0.2) is 9.97 Å². The summed E-state index contributed by atoms with van der Waals surface area (Å²) in [6.07, 6.45) is 2.47. The van der Waals surface area contributed by atoms with Crippen molar-refractivity contribution in [2.45, 2.75) is 25.9 Å². The molecule has 1 aromatic heterocycles. The molecule has 1 saturated heterocycles. The molecular weight excluding hydrogens is 335 g/mol. The summed E-state index contributed by atoms with van der Waals surface area (Å²) in [4.78, 5) is 8.79. The fourth-order valence-electron chi connectivity index (χ4n) is 2.52. The smallest absolute Gasteiger partial charge is 0.136 e. The molecule has 0 spiro atoms. The van der Waals surface area contributed by atoms with Gasteiger partial charge in [-0.15, -0.1) is 0 Å². The van der Waals surface area contributed by atoms with Crippen LogP contribution in [0.25, 0.3) is 0 Å². The second kappa shape index (κ2) is 7.34. The molecule has 2 heterocycles. The van der Waals surface area contributed by atoms with Gasteiger partial charge in [0, 0.05) is 35.0 Å². The molecule has 1 aliphatic heterocycles. The zero-order valence-corrected chi connectivity index (χ0v) is 14.3. The van der Waals surface area contributed by atoms with E-state index in [1.54, 1.807) is 18.2 Å². The summed E-state index contributed by atoms with van der Waals surface area (Å²) in [7, 11) is 0. The Morgan fingerprint density at radius 1 is 1.13 bits per heavy atom. The van der Waals surface area contributed by atoms with Crippen molar-refractivity contribution in [1.82, 2.24) is 9.97 Å². The van der Waals surface area contributed by atoms with E-state index in [1.807, 2.05) is 13.0 Å². The highest BCUT2D eigenvalue weighted by atomic mass is 35.5. The molecule has 0 amide bonds. The van der Waals surface area contributed by atoms with Crippen molar-refractivity contribution in [2.75, 3.05) is 23.8 Å². The Hall–Kier alpha value is -1.56. The van der Waals surface area contributed by atoms with Crippen LogP contribution in [-0.2, 0) is 4.74 Å². The maximum atomic E-state index is 6.02. The summed E-state index contributed by atoms with van der Waals surface area (Å²) in [6, 6.07) is 7.14. The lowest BCUT2D eigenvalue weighted by Gasteiger charge is -2.13. The predicted octanol–water partition coefficient (Wildman–Crippen LogP) is 4.43. The fourth-order valence-corrected chi connectivity index (χ4v) is 3.05. The molecule has 23 heavy (non-hydrogen) atoms. The predicted molar refractivity (Wildman–Crippen MR) is 94.0 cm³/mol. The number of hydrogen-bond donors (Lipinski definition) is 2. The first-order valence-corrected chi connectivity index (χ1v) is 8.28. The molecule has 3 rings (SSSR count). The molecule has 1 aliphatic rings. The molecule has 0 bridgehead atoms. The molecule has 7 heteroatoms. The Balaban J connectivity index is 1.71. The molecule has 122 valence electrons. The molecule has 2 N–H and O–H groups in total. The van der Waals surface area contributed by atoms with Crippen molar-refractivity contribution in [3.05, 3.63) is 40.1 Å². The van der Waals surface area contributed by atoms with E-state index in [1.165, 1.54) is 0 Å². The monoisotopic (exact) mass is 352 g/mol. The van der Waals surface area contributed by atoms with Crippen molar-refractivity contribution in [3.8, 4) is 0 Å². The molecule has 1 atom stereocenters. The Morgan fingerprint density at radius 2 is 1.87 bits per heavy atom. The Morgan fingerprint density at radius 3 is 2.57 bits per heavy atom. The van der Waals surface area contributed by atoms with Crippen molar-refractivity contribution in [2.24, 2.45) is 0 Å². The summed E-state index contributed by atoms with van der Waals surface area (Å²) in [5, 5.41) is 7.66. The molecule has 0 saturated carbocycles. The van der Waals surface area contributed by atoms with E-state index >= 15 is 0 Å². The Labute approximate surface area is 145 Å². The van der Waals surface area contributed by atoms with Gasteiger partial charge in [-0.1, -0.05) is 23.2 Å². The van der Waals surface area contributed by atoms with Gasteiger partial charge < -0.3 is 15.4 Å². The second-order valence-corrected chi connectivity index (χ2v) is 6.36. The second-order valence-electron chi connectivity index (χ2n) is 5.48. The molecule has 0 aliphatic carbocycles. The Bertz CT molecular complexity index is 670. The van der Waals surface area contributed by atoms with Crippen molar-refractivity contribution >= 4 is 40.5 Å². The third kappa shape index (κ3) is 4.70. The van der Waals surface area contributed by atoms with Gasteiger partial charge >= 0.3 is 0 Å². The first-order chi connectivity index (χ1) is 11.1. The van der Waals surface area contributed by atoms with E-state index in [2.05, 4.69) is 20.6 Å². The minimum Gasteiger partial charge on any atom is -0.376 e. The number of aromatic nitrogens is 2. The lowest BCUT2D eigenvalue weighted by molar-refractivity contribution is 0.120. The van der Waals surface area contributed by atoms with Crippen LogP contribution in [0.4, 0.5) is 17.3 Å². The van der Waals surface area contributed by atoms with Crippen molar-refractivity contribution < 1.29 is 4.74 Å². The maximum absolute atomic E-state index is 6.02. The molecule has 1 fully saturated rings. The van der Waals surface area contributed by atoms with Gasteiger partial charge in [0.15, 0.2) is 0 Å². The zero-order chi connectivity index (χ0) is 16.2. The van der Waals surface area contributed by atoms with Gasteiger partial charge in [-0.3, -0.25) is 0 Å². The van der Waals surface area contributed by atoms with Gasteiger partial charge in [0.05, 0.1) is 6.10 Å². The number of anilines is 3. The summed E-state index contributed by atoms with van der Waals surface area (Å²) in [5.74, 6) is 2.13. The number of ether oxygens (including phenoxy) is 1. The van der Waals surface area contributed by atoms with Crippen LogP contribution < -0.4 is 10.6 Å². The maximum Gasteiger partial charge on any atom is 0.136 e. The summed E-state index contributed by atoms with van der Waals surface area (Å²) in [6.45, 7) is 3.45. The highest BCUT2D eigenvalue weighted by molar-refractivity contribution is 6.35. The molecule has 0 radical (unpaired) electrons. The van der Waals surface area contributed by atoms with E-state index < -0.39 is 0 Å². The Kier molecular flexibility index (Phi) is 5.20. The van der Waals surface area contributed by atoms with Gasteiger partial charge in [0.2, 0.25) is 0 Å². The van der Waals surface area contributed by atoms with Crippen LogP contribution in [0.15, 0.2) is 24.3 Å². The summed E-state index contributed by atoms with van der Waals surface area (Å²) < 4.78 is 5.61. The SMILES string of the molecule is Cc1nc(NCC2CCCO2)cc(Nc2cc(Cl)cc(Cl)c2)n1. The molecular formula is C16H18Cl2N4O. The number of benzene rings is 1. The zero-order valence-electron chi connectivity index (χ0n) is 12.8. The van der Waals surface area contributed by atoms with E-state index in [0.29, 0.717) is 21.7 Å². The van der Waals surface area contributed by atoms with E-state index in [0.717, 1.165) is 37.5 Å². The quantitative estimate of drug-likeness (QED) is 0.833. The average Bonchev–Trinajstić information content (AvgIpc) is 2.96. The summed E-state index contributed by atoms with van der Waals surface area (Å²) in [5.41, 5.74) is 0.783. The molecule has 1 unspecified atom stereocenters. The number of nitrogens with zero attached hydrogens (tertiary/aromatic N) is 2. The lowest BCUT2D eigenvalue weighted by atomic mass is 10.2. The number of halogens is 2. The van der Waals surface area contributed by atoms with Gasteiger partial charge in [-0.05, 0) is 38.0 Å². The van der Waals surface area contributed by atoms with Crippen molar-refractivity contribution in [1.29, 1.82) is 0 Å². The lowest BCUT2D eigenvalue weighted by Crippen LogP contribution is -2.19. The number of aryl methyl sites for hydroxylation is 1. The summed E-state index contributed by atoms with van der Waals surface area (Å²) >= 11 is 12.0. The first-order valence-electron chi connectivity index (χ1n) is 7.53. The normalized spacial score (nSPS) is 17.3. The molecule has 5 nitrogen and oxygen atoms in total. The number of hydrogen-bond acceptors (Lipinski definition) is 5. The number of nitrogens with one attached hydrogen (secondary N) is 2. The van der Waals surface area contributed by atoms with Crippen molar-refractivity contribution in [3.63, 3.8) is 0 Å².